The maximum atomic E-state index is 5.03. The second-order valence-electron chi connectivity index (χ2n) is 1.27. The van der Waals surface area contributed by atoms with E-state index < -0.39 is 0 Å². The van der Waals surface area contributed by atoms with E-state index in [0.717, 1.165) is 6.61 Å². The van der Waals surface area contributed by atoms with Gasteiger partial charge in [0.2, 0.25) is 0 Å². The van der Waals surface area contributed by atoms with Crippen LogP contribution >= 0.6 is 17.0 Å². The molecule has 3 nitrogen and oxygen atoms in total. The third-order valence-corrected chi connectivity index (χ3v) is 0.694. The van der Waals surface area contributed by atoms with Gasteiger partial charge in [-0.1, -0.05) is 0 Å². The second-order valence-corrected chi connectivity index (χ2v) is 1.27. The Kier molecular flexibility index (Phi) is 15.0. The van der Waals surface area contributed by atoms with Gasteiger partial charge in [-0.15, -0.1) is 17.0 Å². The highest BCUT2D eigenvalue weighted by Gasteiger charge is 1.81. The van der Waals surface area contributed by atoms with Gasteiger partial charge in [0.15, 0.2) is 0 Å². The Balaban J connectivity index is 0. The summed E-state index contributed by atoms with van der Waals surface area (Å²) in [5.41, 5.74) is 5.03. The van der Waals surface area contributed by atoms with Crippen LogP contribution in [0, 0.1) is 0 Å². The molecule has 58 valence electrons. The van der Waals surface area contributed by atoms with Crippen molar-refractivity contribution in [3.8, 4) is 0 Å². The van der Waals surface area contributed by atoms with Crippen LogP contribution in [-0.4, -0.2) is 26.6 Å². The zero-order valence-electron chi connectivity index (χ0n) is 5.63. The minimum atomic E-state index is 0. The first kappa shape index (κ1) is 12.1. The zero-order valence-corrected chi connectivity index (χ0v) is 7.34. The van der Waals surface area contributed by atoms with Gasteiger partial charge in [-0.3, -0.25) is 0 Å². The van der Waals surface area contributed by atoms with Crippen molar-refractivity contribution in [2.45, 2.75) is 6.92 Å². The van der Waals surface area contributed by atoms with Crippen LogP contribution in [-0.2, 0) is 9.47 Å². The van der Waals surface area contributed by atoms with E-state index in [2.05, 4.69) is 0 Å². The molecule has 0 heterocycles. The molecule has 0 fully saturated rings. The first-order valence-corrected chi connectivity index (χ1v) is 2.77. The molecule has 0 aliphatic rings. The molecule has 0 saturated heterocycles. The van der Waals surface area contributed by atoms with E-state index in [9.17, 15) is 0 Å². The Labute approximate surface area is 66.3 Å². The van der Waals surface area contributed by atoms with Crippen LogP contribution < -0.4 is 5.73 Å². The van der Waals surface area contributed by atoms with Gasteiger partial charge < -0.3 is 15.2 Å². The Morgan fingerprint density at radius 3 is 2.22 bits per heavy atom. The van der Waals surface area contributed by atoms with Crippen LogP contribution in [0.5, 0.6) is 0 Å². The minimum Gasteiger partial charge on any atom is -0.379 e. The maximum absolute atomic E-state index is 5.03. The van der Waals surface area contributed by atoms with Gasteiger partial charge in [0.05, 0.1) is 19.9 Å². The lowest BCUT2D eigenvalue weighted by Crippen LogP contribution is -2.09. The molecular formula is C5H14BrNO2. The van der Waals surface area contributed by atoms with Crippen molar-refractivity contribution in [2.24, 2.45) is 5.73 Å². The summed E-state index contributed by atoms with van der Waals surface area (Å²) in [4.78, 5) is 0. The molecule has 0 unspecified atom stereocenters. The van der Waals surface area contributed by atoms with Crippen molar-refractivity contribution in [1.82, 2.24) is 0 Å². The molecule has 0 amide bonds. The van der Waals surface area contributed by atoms with Crippen molar-refractivity contribution in [1.29, 1.82) is 0 Å². The van der Waals surface area contributed by atoms with Gasteiger partial charge in [-0.05, 0) is 6.92 Å². The SMILES string of the molecule is Br.CCOCCOCN. The number of ether oxygens (including phenoxy) is 2. The molecule has 0 aromatic carbocycles. The molecular weight excluding hydrogens is 186 g/mol. The Morgan fingerprint density at radius 2 is 1.78 bits per heavy atom. The summed E-state index contributed by atoms with van der Waals surface area (Å²) in [5.74, 6) is 0. The van der Waals surface area contributed by atoms with Gasteiger partial charge in [0, 0.05) is 6.61 Å². The monoisotopic (exact) mass is 199 g/mol. The lowest BCUT2D eigenvalue weighted by molar-refractivity contribution is 0.0556. The smallest absolute Gasteiger partial charge is 0.0941 e. The number of nitrogens with two attached hydrogens (primary N) is 1. The molecule has 2 N–H and O–H groups in total. The van der Waals surface area contributed by atoms with E-state index in [1.807, 2.05) is 6.92 Å². The lowest BCUT2D eigenvalue weighted by Gasteiger charge is -1.98. The molecule has 0 aromatic rings. The number of rotatable bonds is 5. The van der Waals surface area contributed by atoms with Gasteiger partial charge in [0.1, 0.15) is 0 Å². The van der Waals surface area contributed by atoms with E-state index in [4.69, 9.17) is 15.2 Å². The molecule has 0 radical (unpaired) electrons. The summed E-state index contributed by atoms with van der Waals surface area (Å²) in [6.45, 7) is 4.22. The van der Waals surface area contributed by atoms with Crippen molar-refractivity contribution < 1.29 is 9.47 Å². The fourth-order valence-electron chi connectivity index (χ4n) is 0.346. The molecule has 0 saturated carbocycles. The van der Waals surface area contributed by atoms with E-state index in [1.165, 1.54) is 0 Å². The van der Waals surface area contributed by atoms with Crippen molar-refractivity contribution in [3.63, 3.8) is 0 Å². The van der Waals surface area contributed by atoms with Gasteiger partial charge in [0.25, 0.3) is 0 Å². The Bertz CT molecular complexity index is 39.9. The fourth-order valence-corrected chi connectivity index (χ4v) is 0.346. The summed E-state index contributed by atoms with van der Waals surface area (Å²) in [7, 11) is 0. The van der Waals surface area contributed by atoms with E-state index in [0.29, 0.717) is 13.2 Å². The highest BCUT2D eigenvalue weighted by molar-refractivity contribution is 8.93. The van der Waals surface area contributed by atoms with Crippen molar-refractivity contribution in [3.05, 3.63) is 0 Å². The number of hydrogen-bond acceptors (Lipinski definition) is 3. The van der Waals surface area contributed by atoms with Crippen LogP contribution in [0.2, 0.25) is 0 Å². The number of hydrogen-bond donors (Lipinski definition) is 1. The highest BCUT2D eigenvalue weighted by Crippen LogP contribution is 1.73. The normalized spacial score (nSPS) is 8.67. The standard InChI is InChI=1S/C5H13NO2.BrH/c1-2-7-3-4-8-5-6;/h2-6H2,1H3;1H. The molecule has 9 heavy (non-hydrogen) atoms. The molecule has 0 rings (SSSR count). The summed E-state index contributed by atoms with van der Waals surface area (Å²) in [6, 6.07) is 0. The third kappa shape index (κ3) is 11.8. The van der Waals surface area contributed by atoms with E-state index in [-0.39, 0.29) is 23.7 Å². The molecule has 0 aliphatic heterocycles. The quantitative estimate of drug-likeness (QED) is 0.520. The van der Waals surface area contributed by atoms with Crippen LogP contribution in [0.15, 0.2) is 0 Å². The summed E-state index contributed by atoms with van der Waals surface area (Å²) < 4.78 is 9.74. The Hall–Kier alpha value is 0.360. The topological polar surface area (TPSA) is 44.5 Å². The van der Waals surface area contributed by atoms with Crippen LogP contribution in [0.3, 0.4) is 0 Å². The summed E-state index contributed by atoms with van der Waals surface area (Å²) in [5, 5.41) is 0. The second kappa shape index (κ2) is 11.2. The minimum absolute atomic E-state index is 0. The van der Waals surface area contributed by atoms with Gasteiger partial charge >= 0.3 is 0 Å². The largest absolute Gasteiger partial charge is 0.379 e. The lowest BCUT2D eigenvalue weighted by atomic mass is 10.7. The third-order valence-electron chi connectivity index (χ3n) is 0.694. The maximum Gasteiger partial charge on any atom is 0.0941 e. The Morgan fingerprint density at radius 1 is 1.22 bits per heavy atom. The molecule has 4 heteroatoms. The average molecular weight is 200 g/mol. The van der Waals surface area contributed by atoms with Crippen LogP contribution in [0.4, 0.5) is 0 Å². The molecule has 0 aliphatic carbocycles. The fraction of sp³-hybridized carbons (Fsp3) is 1.00. The van der Waals surface area contributed by atoms with Crippen LogP contribution in [0.25, 0.3) is 0 Å². The molecule has 0 atom stereocenters. The molecule has 0 bridgehead atoms. The summed E-state index contributed by atoms with van der Waals surface area (Å²) in [6.07, 6.45) is 0. The highest BCUT2D eigenvalue weighted by atomic mass is 79.9. The first-order chi connectivity index (χ1) is 3.91. The van der Waals surface area contributed by atoms with Gasteiger partial charge in [-0.25, -0.2) is 0 Å². The molecule has 0 spiro atoms. The molecule has 0 aromatic heterocycles. The van der Waals surface area contributed by atoms with E-state index >= 15 is 0 Å². The van der Waals surface area contributed by atoms with Crippen molar-refractivity contribution >= 4 is 17.0 Å². The van der Waals surface area contributed by atoms with Crippen LogP contribution in [0.1, 0.15) is 6.92 Å². The van der Waals surface area contributed by atoms with Crippen molar-refractivity contribution in [2.75, 3.05) is 26.6 Å². The predicted molar refractivity (Wildman–Crippen MR) is 41.8 cm³/mol. The predicted octanol–water partition coefficient (Wildman–Crippen LogP) is 0.534. The summed E-state index contributed by atoms with van der Waals surface area (Å²) >= 11 is 0. The first-order valence-electron chi connectivity index (χ1n) is 2.77. The number of halogens is 1. The zero-order chi connectivity index (χ0) is 6.24. The van der Waals surface area contributed by atoms with Gasteiger partial charge in [-0.2, -0.15) is 0 Å². The van der Waals surface area contributed by atoms with E-state index in [1.54, 1.807) is 0 Å². The average Bonchev–Trinajstić information content (AvgIpc) is 1.81.